The molecule has 0 rings (SSSR count). The van der Waals surface area contributed by atoms with E-state index in [-0.39, 0.29) is 0 Å². The quantitative estimate of drug-likeness (QED) is 0.592. The van der Waals surface area contributed by atoms with Gasteiger partial charge < -0.3 is 15.3 Å². The zero-order valence-corrected chi connectivity index (χ0v) is 8.55. The van der Waals surface area contributed by atoms with Gasteiger partial charge in [0.25, 0.3) is 0 Å². The van der Waals surface area contributed by atoms with Gasteiger partial charge in [-0.2, -0.15) is 0 Å². The lowest BCUT2D eigenvalue weighted by molar-refractivity contribution is -0.223. The van der Waals surface area contributed by atoms with Crippen molar-refractivity contribution in [1.82, 2.24) is 0 Å². The molecule has 0 aromatic rings. The average Bonchev–Trinajstić information content (AvgIpc) is 1.81. The molecule has 0 unspecified atom stereocenters. The minimum Gasteiger partial charge on any atom is -0.387 e. The zero-order chi connectivity index (χ0) is 10.2. The first-order valence-electron chi connectivity index (χ1n) is 4.23. The predicted octanol–water partition coefficient (Wildman–Crippen LogP) is 0.669. The van der Waals surface area contributed by atoms with Gasteiger partial charge in [-0.3, -0.25) is 0 Å². The molecule has 0 radical (unpaired) electrons. The molecule has 0 fully saturated rings. The molecule has 0 heterocycles. The van der Waals surface area contributed by atoms with Crippen molar-refractivity contribution in [3.05, 3.63) is 0 Å². The monoisotopic (exact) mass is 176 g/mol. The van der Waals surface area contributed by atoms with Crippen LogP contribution in [0.4, 0.5) is 0 Å². The van der Waals surface area contributed by atoms with Crippen molar-refractivity contribution in [3.63, 3.8) is 0 Å². The Morgan fingerprint density at radius 1 is 0.833 bits per heavy atom. The summed E-state index contributed by atoms with van der Waals surface area (Å²) in [6, 6.07) is 0. The van der Waals surface area contributed by atoms with Crippen LogP contribution in [0.1, 0.15) is 41.0 Å². The van der Waals surface area contributed by atoms with Crippen molar-refractivity contribution in [1.29, 1.82) is 0 Å². The van der Waals surface area contributed by atoms with Crippen LogP contribution in [0.3, 0.4) is 0 Å². The maximum absolute atomic E-state index is 9.99. The maximum atomic E-state index is 9.99. The highest BCUT2D eigenvalue weighted by atomic mass is 16.4. The lowest BCUT2D eigenvalue weighted by atomic mass is 9.72. The SMILES string of the molecule is CCC(O)(C(C)(C)O)C(C)(C)O. The third-order valence-electron chi connectivity index (χ3n) is 2.54. The van der Waals surface area contributed by atoms with Crippen LogP contribution in [0.15, 0.2) is 0 Å². The summed E-state index contributed by atoms with van der Waals surface area (Å²) >= 11 is 0. The fraction of sp³-hybridized carbons (Fsp3) is 1.00. The Morgan fingerprint density at radius 3 is 1.08 bits per heavy atom. The first-order valence-corrected chi connectivity index (χ1v) is 4.23. The second-order valence-electron chi connectivity index (χ2n) is 4.33. The Balaban J connectivity index is 4.95. The van der Waals surface area contributed by atoms with Gasteiger partial charge in [0, 0.05) is 0 Å². The topological polar surface area (TPSA) is 60.7 Å². The summed E-state index contributed by atoms with van der Waals surface area (Å²) in [4.78, 5) is 0. The average molecular weight is 176 g/mol. The Bertz CT molecular complexity index is 136. The van der Waals surface area contributed by atoms with Crippen LogP contribution in [0, 0.1) is 0 Å². The van der Waals surface area contributed by atoms with Gasteiger partial charge >= 0.3 is 0 Å². The van der Waals surface area contributed by atoms with Gasteiger partial charge in [0.2, 0.25) is 0 Å². The van der Waals surface area contributed by atoms with Crippen LogP contribution in [0.2, 0.25) is 0 Å². The summed E-state index contributed by atoms with van der Waals surface area (Å²) < 4.78 is 0. The van der Waals surface area contributed by atoms with Gasteiger partial charge in [-0.25, -0.2) is 0 Å². The minimum absolute atomic E-state index is 0.306. The first-order chi connectivity index (χ1) is 5.06. The molecule has 12 heavy (non-hydrogen) atoms. The smallest absolute Gasteiger partial charge is 0.120 e. The van der Waals surface area contributed by atoms with E-state index in [2.05, 4.69) is 0 Å². The van der Waals surface area contributed by atoms with Crippen molar-refractivity contribution in [2.24, 2.45) is 0 Å². The zero-order valence-electron chi connectivity index (χ0n) is 8.55. The molecule has 0 aliphatic rings. The van der Waals surface area contributed by atoms with Crippen LogP contribution in [0.5, 0.6) is 0 Å². The van der Waals surface area contributed by atoms with Gasteiger partial charge in [0.05, 0.1) is 11.2 Å². The van der Waals surface area contributed by atoms with Crippen LogP contribution in [0.25, 0.3) is 0 Å². The van der Waals surface area contributed by atoms with Crippen molar-refractivity contribution >= 4 is 0 Å². The molecule has 0 aliphatic heterocycles. The molecule has 3 heteroatoms. The third kappa shape index (κ3) is 1.79. The van der Waals surface area contributed by atoms with Gasteiger partial charge in [-0.1, -0.05) is 6.92 Å². The second kappa shape index (κ2) is 2.98. The highest BCUT2D eigenvalue weighted by Crippen LogP contribution is 2.35. The normalized spacial score (nSPS) is 15.0. The predicted molar refractivity (Wildman–Crippen MR) is 47.8 cm³/mol. The molecule has 0 atom stereocenters. The Labute approximate surface area is 74.0 Å². The molecule has 0 amide bonds. The molecule has 0 aromatic carbocycles. The molecule has 0 aromatic heterocycles. The molecule has 3 nitrogen and oxygen atoms in total. The minimum atomic E-state index is -1.47. The summed E-state index contributed by atoms with van der Waals surface area (Å²) in [5, 5.41) is 29.3. The lowest BCUT2D eigenvalue weighted by Gasteiger charge is -2.46. The second-order valence-corrected chi connectivity index (χ2v) is 4.33. The van der Waals surface area contributed by atoms with E-state index in [4.69, 9.17) is 0 Å². The number of rotatable bonds is 3. The van der Waals surface area contributed by atoms with E-state index < -0.39 is 16.8 Å². The van der Waals surface area contributed by atoms with Gasteiger partial charge in [-0.15, -0.1) is 0 Å². The van der Waals surface area contributed by atoms with Crippen LogP contribution in [-0.2, 0) is 0 Å². The van der Waals surface area contributed by atoms with Crippen molar-refractivity contribution < 1.29 is 15.3 Å². The van der Waals surface area contributed by atoms with E-state index in [9.17, 15) is 15.3 Å². The van der Waals surface area contributed by atoms with Gasteiger partial charge in [0.15, 0.2) is 0 Å². The van der Waals surface area contributed by atoms with E-state index in [1.165, 1.54) is 27.7 Å². The first kappa shape index (κ1) is 11.9. The molecular weight excluding hydrogens is 156 g/mol. The Hall–Kier alpha value is -0.120. The largest absolute Gasteiger partial charge is 0.387 e. The molecule has 0 saturated heterocycles. The van der Waals surface area contributed by atoms with E-state index in [0.29, 0.717) is 6.42 Å². The number of hydrogen-bond acceptors (Lipinski definition) is 3. The third-order valence-corrected chi connectivity index (χ3v) is 2.54. The number of aliphatic hydroxyl groups is 3. The molecule has 0 spiro atoms. The molecule has 0 bridgehead atoms. The van der Waals surface area contributed by atoms with E-state index in [1.807, 2.05) is 0 Å². The summed E-state index contributed by atoms with van der Waals surface area (Å²) in [5.74, 6) is 0. The lowest BCUT2D eigenvalue weighted by Crippen LogP contribution is -2.62. The highest BCUT2D eigenvalue weighted by Gasteiger charge is 2.51. The molecule has 0 aliphatic carbocycles. The maximum Gasteiger partial charge on any atom is 0.120 e. The van der Waals surface area contributed by atoms with E-state index >= 15 is 0 Å². The fourth-order valence-electron chi connectivity index (χ4n) is 1.61. The summed E-state index contributed by atoms with van der Waals surface area (Å²) in [6.45, 7) is 7.71. The molecule has 3 N–H and O–H groups in total. The summed E-state index contributed by atoms with van der Waals surface area (Å²) in [7, 11) is 0. The molecular formula is C9H20O3. The van der Waals surface area contributed by atoms with Gasteiger partial charge in [0.1, 0.15) is 5.60 Å². The van der Waals surface area contributed by atoms with E-state index in [1.54, 1.807) is 6.92 Å². The Kier molecular flexibility index (Phi) is 2.95. The van der Waals surface area contributed by atoms with Crippen LogP contribution < -0.4 is 0 Å². The van der Waals surface area contributed by atoms with Crippen LogP contribution >= 0.6 is 0 Å². The van der Waals surface area contributed by atoms with Crippen molar-refractivity contribution in [2.45, 2.75) is 57.8 Å². The summed E-state index contributed by atoms with van der Waals surface area (Å²) in [6.07, 6.45) is 0.306. The summed E-state index contributed by atoms with van der Waals surface area (Å²) in [5.41, 5.74) is -4.08. The fourth-order valence-corrected chi connectivity index (χ4v) is 1.61. The highest BCUT2D eigenvalue weighted by molar-refractivity contribution is 5.03. The molecule has 74 valence electrons. The van der Waals surface area contributed by atoms with Crippen molar-refractivity contribution in [2.75, 3.05) is 0 Å². The standard InChI is InChI=1S/C9H20O3/c1-6-9(12,7(2,3)10)8(4,5)11/h10-12H,6H2,1-5H3. The molecule has 0 saturated carbocycles. The Morgan fingerprint density at radius 2 is 1.08 bits per heavy atom. The number of hydrogen-bond donors (Lipinski definition) is 3. The van der Waals surface area contributed by atoms with Crippen molar-refractivity contribution in [3.8, 4) is 0 Å². The van der Waals surface area contributed by atoms with E-state index in [0.717, 1.165) is 0 Å². The van der Waals surface area contributed by atoms with Crippen LogP contribution in [-0.4, -0.2) is 32.1 Å². The van der Waals surface area contributed by atoms with Gasteiger partial charge in [-0.05, 0) is 34.1 Å².